The lowest BCUT2D eigenvalue weighted by atomic mass is 9.49. The van der Waals surface area contributed by atoms with Crippen LogP contribution in [0.5, 0.6) is 0 Å². The Kier molecular flexibility index (Phi) is 5.41. The van der Waals surface area contributed by atoms with Crippen LogP contribution in [-0.4, -0.2) is 40.7 Å². The molecule has 1 amide bonds. The molecule has 1 heterocycles. The van der Waals surface area contributed by atoms with E-state index in [2.05, 4.69) is 36.2 Å². The quantitative estimate of drug-likeness (QED) is 0.728. The number of nitrogens with one attached hydrogen (secondary N) is 1. The number of benzene rings is 1. The molecule has 4 saturated carbocycles. The van der Waals surface area contributed by atoms with Crippen molar-refractivity contribution in [3.63, 3.8) is 0 Å². The summed E-state index contributed by atoms with van der Waals surface area (Å²) in [4.78, 5) is 14.9. The van der Waals surface area contributed by atoms with E-state index in [0.29, 0.717) is 12.0 Å². The van der Waals surface area contributed by atoms with Crippen molar-refractivity contribution in [3.05, 3.63) is 47.3 Å². The molecule has 1 aromatic heterocycles. The lowest BCUT2D eigenvalue weighted by Gasteiger charge is -2.56. The third-order valence-corrected chi connectivity index (χ3v) is 8.11. The van der Waals surface area contributed by atoms with Crippen molar-refractivity contribution >= 4 is 5.91 Å². The summed E-state index contributed by atoms with van der Waals surface area (Å²) in [6.45, 7) is 6.22. The topological polar surface area (TPSA) is 50.2 Å². The number of rotatable bonds is 7. The Labute approximate surface area is 186 Å². The van der Waals surface area contributed by atoms with Crippen LogP contribution in [0.15, 0.2) is 30.3 Å². The molecule has 4 aliphatic carbocycles. The average molecular weight is 421 g/mol. The number of hydrogen-bond acceptors (Lipinski definition) is 3. The van der Waals surface area contributed by atoms with Crippen molar-refractivity contribution in [2.75, 3.05) is 20.1 Å². The number of aromatic nitrogens is 2. The third kappa shape index (κ3) is 4.17. The maximum atomic E-state index is 12.8. The maximum Gasteiger partial charge on any atom is 0.234 e. The Hall–Kier alpha value is -2.14. The monoisotopic (exact) mass is 420 g/mol. The number of amides is 1. The number of hydrogen-bond donors (Lipinski definition) is 1. The van der Waals surface area contributed by atoms with Gasteiger partial charge in [0.05, 0.1) is 17.9 Å². The van der Waals surface area contributed by atoms with E-state index in [-0.39, 0.29) is 5.91 Å². The largest absolute Gasteiger partial charge is 0.354 e. The van der Waals surface area contributed by atoms with Gasteiger partial charge in [0.25, 0.3) is 0 Å². The molecule has 0 atom stereocenters. The SMILES string of the molecule is Cc1nn(-c2ccccc2)c(C)c1CN(C)CC(=O)NCC12CC3CC(CC(C3)C1)C2. The predicted molar refractivity (Wildman–Crippen MR) is 123 cm³/mol. The summed E-state index contributed by atoms with van der Waals surface area (Å²) in [5.74, 6) is 2.94. The molecule has 1 N–H and O–H groups in total. The van der Waals surface area contributed by atoms with Gasteiger partial charge in [-0.25, -0.2) is 4.68 Å². The van der Waals surface area contributed by atoms with Crippen LogP contribution in [0.3, 0.4) is 0 Å². The van der Waals surface area contributed by atoms with Gasteiger partial charge in [0.2, 0.25) is 5.91 Å². The summed E-state index contributed by atoms with van der Waals surface area (Å²) in [6, 6.07) is 10.2. The van der Waals surface area contributed by atoms with E-state index in [1.54, 1.807) is 0 Å². The van der Waals surface area contributed by atoms with E-state index < -0.39 is 0 Å². The minimum atomic E-state index is 0.156. The summed E-state index contributed by atoms with van der Waals surface area (Å²) in [5, 5.41) is 8.06. The zero-order valence-corrected chi connectivity index (χ0v) is 19.2. The molecule has 4 fully saturated rings. The first-order chi connectivity index (χ1) is 14.9. The number of para-hydroxylation sites is 1. The number of aryl methyl sites for hydroxylation is 1. The van der Waals surface area contributed by atoms with Gasteiger partial charge in [-0.3, -0.25) is 9.69 Å². The second kappa shape index (κ2) is 8.09. The molecule has 2 aromatic rings. The Balaban J connectivity index is 1.17. The second-order valence-corrected chi connectivity index (χ2v) is 10.8. The van der Waals surface area contributed by atoms with Crippen LogP contribution in [-0.2, 0) is 11.3 Å². The van der Waals surface area contributed by atoms with E-state index in [9.17, 15) is 4.79 Å². The Morgan fingerprint density at radius 2 is 1.71 bits per heavy atom. The fraction of sp³-hybridized carbons (Fsp3) is 0.615. The predicted octanol–water partition coefficient (Wildman–Crippen LogP) is 4.25. The fourth-order valence-electron chi connectivity index (χ4n) is 7.14. The van der Waals surface area contributed by atoms with E-state index in [1.807, 2.05) is 29.9 Å². The highest BCUT2D eigenvalue weighted by Crippen LogP contribution is 2.59. The average Bonchev–Trinajstić information content (AvgIpc) is 3.00. The summed E-state index contributed by atoms with van der Waals surface area (Å²) < 4.78 is 2.01. The molecular weight excluding hydrogens is 384 g/mol. The number of carbonyl (C=O) groups is 1. The summed E-state index contributed by atoms with van der Waals surface area (Å²) in [6.07, 6.45) is 8.37. The van der Waals surface area contributed by atoms with Gasteiger partial charge in [0.1, 0.15) is 0 Å². The fourth-order valence-corrected chi connectivity index (χ4v) is 7.14. The molecule has 4 bridgehead atoms. The maximum absolute atomic E-state index is 12.8. The normalized spacial score (nSPS) is 29.0. The lowest BCUT2D eigenvalue weighted by molar-refractivity contribution is -0.124. The van der Waals surface area contributed by atoms with Crippen LogP contribution >= 0.6 is 0 Å². The highest BCUT2D eigenvalue weighted by Gasteiger charge is 2.50. The molecule has 4 aliphatic rings. The molecule has 1 aromatic carbocycles. The molecule has 5 nitrogen and oxygen atoms in total. The van der Waals surface area contributed by atoms with Gasteiger partial charge in [-0.15, -0.1) is 0 Å². The second-order valence-electron chi connectivity index (χ2n) is 10.8. The van der Waals surface area contributed by atoms with E-state index in [1.165, 1.54) is 44.1 Å². The van der Waals surface area contributed by atoms with Crippen LogP contribution in [0.25, 0.3) is 5.69 Å². The Morgan fingerprint density at radius 3 is 2.32 bits per heavy atom. The highest BCUT2D eigenvalue weighted by molar-refractivity contribution is 5.78. The summed E-state index contributed by atoms with van der Waals surface area (Å²) in [7, 11) is 2.03. The number of nitrogens with zero attached hydrogens (tertiary/aromatic N) is 3. The summed E-state index contributed by atoms with van der Waals surface area (Å²) in [5.41, 5.74) is 4.85. The zero-order valence-electron chi connectivity index (χ0n) is 19.2. The molecule has 0 spiro atoms. The molecule has 31 heavy (non-hydrogen) atoms. The Bertz CT molecular complexity index is 913. The van der Waals surface area contributed by atoms with Gasteiger partial charge in [-0.05, 0) is 94.7 Å². The molecule has 6 rings (SSSR count). The number of carbonyl (C=O) groups excluding carboxylic acids is 1. The van der Waals surface area contributed by atoms with Gasteiger partial charge in [-0.2, -0.15) is 5.10 Å². The smallest absolute Gasteiger partial charge is 0.234 e. The van der Waals surface area contributed by atoms with Crippen LogP contribution in [0.4, 0.5) is 0 Å². The molecule has 0 radical (unpaired) electrons. The first kappa shape index (κ1) is 20.7. The van der Waals surface area contributed by atoms with Crippen molar-refractivity contribution in [1.29, 1.82) is 0 Å². The zero-order chi connectivity index (χ0) is 21.6. The van der Waals surface area contributed by atoms with Crippen LogP contribution in [0, 0.1) is 37.0 Å². The Morgan fingerprint density at radius 1 is 1.10 bits per heavy atom. The molecule has 166 valence electrons. The van der Waals surface area contributed by atoms with E-state index >= 15 is 0 Å². The van der Waals surface area contributed by atoms with Crippen molar-refractivity contribution in [3.8, 4) is 5.69 Å². The third-order valence-electron chi connectivity index (χ3n) is 8.11. The first-order valence-electron chi connectivity index (χ1n) is 12.0. The van der Waals surface area contributed by atoms with Crippen molar-refractivity contribution < 1.29 is 4.79 Å². The van der Waals surface area contributed by atoms with Crippen molar-refractivity contribution in [2.45, 2.75) is 58.9 Å². The minimum absolute atomic E-state index is 0.156. The molecule has 0 aliphatic heterocycles. The van der Waals surface area contributed by atoms with Gasteiger partial charge in [0.15, 0.2) is 0 Å². The van der Waals surface area contributed by atoms with E-state index in [4.69, 9.17) is 5.10 Å². The molecule has 0 saturated heterocycles. The number of likely N-dealkylation sites (N-methyl/N-ethyl adjacent to an activating group) is 1. The van der Waals surface area contributed by atoms with Gasteiger partial charge >= 0.3 is 0 Å². The van der Waals surface area contributed by atoms with Gasteiger partial charge in [-0.1, -0.05) is 18.2 Å². The molecule has 0 unspecified atom stereocenters. The lowest BCUT2D eigenvalue weighted by Crippen LogP contribution is -2.51. The van der Waals surface area contributed by atoms with Crippen molar-refractivity contribution in [2.24, 2.45) is 23.2 Å². The van der Waals surface area contributed by atoms with Crippen molar-refractivity contribution in [1.82, 2.24) is 20.0 Å². The summed E-state index contributed by atoms with van der Waals surface area (Å²) >= 11 is 0. The molecule has 5 heteroatoms. The van der Waals surface area contributed by atoms with Gasteiger partial charge < -0.3 is 5.32 Å². The van der Waals surface area contributed by atoms with Crippen LogP contribution in [0.1, 0.15) is 55.5 Å². The standard InChI is InChI=1S/C26H36N4O/c1-18-24(19(2)30(28-18)23-7-5-4-6-8-23)15-29(3)16-25(31)27-17-26-12-20-9-21(13-26)11-22(10-20)14-26/h4-8,20-22H,9-17H2,1-3H3,(H,27,31). The first-order valence-corrected chi connectivity index (χ1v) is 12.0. The van der Waals surface area contributed by atoms with E-state index in [0.717, 1.165) is 47.9 Å². The van der Waals surface area contributed by atoms with Crippen LogP contribution in [0.2, 0.25) is 0 Å². The van der Waals surface area contributed by atoms with Crippen LogP contribution < -0.4 is 5.32 Å². The molecular formula is C26H36N4O. The van der Waals surface area contributed by atoms with Gasteiger partial charge in [0, 0.05) is 24.3 Å². The highest BCUT2D eigenvalue weighted by atomic mass is 16.2. The minimum Gasteiger partial charge on any atom is -0.354 e.